The third-order valence-electron chi connectivity index (χ3n) is 2.82. The second-order valence-corrected chi connectivity index (χ2v) is 4.43. The predicted molar refractivity (Wildman–Crippen MR) is 72.8 cm³/mol. The van der Waals surface area contributed by atoms with Crippen LogP contribution in [0.3, 0.4) is 0 Å². The number of nitro benzene ring substituents is 1. The second-order valence-electron chi connectivity index (χ2n) is 4.43. The molecule has 1 aromatic carbocycles. The molecule has 0 fully saturated rings. The van der Waals surface area contributed by atoms with Crippen LogP contribution < -0.4 is 4.90 Å². The highest BCUT2D eigenvalue weighted by Gasteiger charge is 2.28. The molecule has 1 aromatic rings. The van der Waals surface area contributed by atoms with Crippen LogP contribution in [-0.2, 0) is 0 Å². The van der Waals surface area contributed by atoms with Crippen molar-refractivity contribution < 1.29 is 14.8 Å². The lowest BCUT2D eigenvalue weighted by molar-refractivity contribution is -0.384. The van der Waals surface area contributed by atoms with E-state index >= 15 is 0 Å². The van der Waals surface area contributed by atoms with Gasteiger partial charge < -0.3 is 10.0 Å². The van der Waals surface area contributed by atoms with Gasteiger partial charge in [0.05, 0.1) is 17.4 Å². The summed E-state index contributed by atoms with van der Waals surface area (Å²) in [7, 11) is 0. The Bertz CT molecular complexity index is 563. The van der Waals surface area contributed by atoms with Crippen molar-refractivity contribution in [3.8, 4) is 6.07 Å². The van der Waals surface area contributed by atoms with Crippen molar-refractivity contribution >= 4 is 17.3 Å². The number of nitro groups is 1. The van der Waals surface area contributed by atoms with E-state index in [1.807, 2.05) is 19.9 Å². The Kier molecular flexibility index (Phi) is 5.03. The first-order chi connectivity index (χ1) is 9.40. The molecule has 0 heterocycles. The number of nitrogens with zero attached hydrogens (tertiary/aromatic N) is 3. The minimum atomic E-state index is -1.34. The molecule has 0 radical (unpaired) electrons. The molecule has 0 aromatic heterocycles. The molecule has 106 valence electrons. The van der Waals surface area contributed by atoms with Crippen molar-refractivity contribution in [2.24, 2.45) is 0 Å². The van der Waals surface area contributed by atoms with Gasteiger partial charge in [-0.3, -0.25) is 10.1 Å². The molecule has 0 saturated heterocycles. The van der Waals surface area contributed by atoms with Crippen LogP contribution in [-0.4, -0.2) is 28.6 Å². The summed E-state index contributed by atoms with van der Waals surface area (Å²) in [5, 5.41) is 28.9. The zero-order valence-electron chi connectivity index (χ0n) is 11.2. The molecule has 0 aliphatic heterocycles. The maximum absolute atomic E-state index is 11.2. The van der Waals surface area contributed by atoms with E-state index in [-0.39, 0.29) is 23.7 Å². The standard InChI is InChI=1S/C13H15N3O4/c1-9(2)15(8-4-7-14)11-6-3-5-10(13(17)18)12(11)16(19)20/h3,5-6,9H,4,8H2,1-2H3,(H,17,18). The van der Waals surface area contributed by atoms with E-state index in [1.54, 1.807) is 4.90 Å². The van der Waals surface area contributed by atoms with Gasteiger partial charge in [-0.2, -0.15) is 5.26 Å². The smallest absolute Gasteiger partial charge is 0.342 e. The topological polar surface area (TPSA) is 107 Å². The number of anilines is 1. The van der Waals surface area contributed by atoms with Crippen LogP contribution in [0.2, 0.25) is 0 Å². The maximum atomic E-state index is 11.2. The van der Waals surface area contributed by atoms with E-state index in [9.17, 15) is 14.9 Å². The molecule has 7 nitrogen and oxygen atoms in total. The minimum Gasteiger partial charge on any atom is -0.477 e. The van der Waals surface area contributed by atoms with E-state index < -0.39 is 16.6 Å². The first kappa shape index (κ1) is 15.4. The predicted octanol–water partition coefficient (Wildman–Crippen LogP) is 2.42. The van der Waals surface area contributed by atoms with Gasteiger partial charge >= 0.3 is 11.7 Å². The van der Waals surface area contributed by atoms with E-state index in [0.717, 1.165) is 0 Å². The highest BCUT2D eigenvalue weighted by atomic mass is 16.6. The van der Waals surface area contributed by atoms with Crippen molar-refractivity contribution in [3.05, 3.63) is 33.9 Å². The average Bonchev–Trinajstić information content (AvgIpc) is 2.38. The zero-order valence-corrected chi connectivity index (χ0v) is 11.2. The molecule has 0 aliphatic carbocycles. The number of para-hydroxylation sites is 1. The summed E-state index contributed by atoms with van der Waals surface area (Å²) in [6, 6.07) is 6.06. The second kappa shape index (κ2) is 6.52. The number of hydrogen-bond donors (Lipinski definition) is 1. The number of hydrogen-bond acceptors (Lipinski definition) is 5. The van der Waals surface area contributed by atoms with E-state index in [1.165, 1.54) is 18.2 Å². The van der Waals surface area contributed by atoms with Gasteiger partial charge in [-0.25, -0.2) is 4.79 Å². The lowest BCUT2D eigenvalue weighted by Crippen LogP contribution is -2.32. The molecule has 0 amide bonds. The largest absolute Gasteiger partial charge is 0.477 e. The molecule has 0 saturated carbocycles. The lowest BCUT2D eigenvalue weighted by atomic mass is 10.1. The number of benzene rings is 1. The van der Waals surface area contributed by atoms with Crippen molar-refractivity contribution in [1.82, 2.24) is 0 Å². The van der Waals surface area contributed by atoms with Crippen molar-refractivity contribution in [2.45, 2.75) is 26.3 Å². The fraction of sp³-hybridized carbons (Fsp3) is 0.385. The maximum Gasteiger partial charge on any atom is 0.342 e. The summed E-state index contributed by atoms with van der Waals surface area (Å²) >= 11 is 0. The summed E-state index contributed by atoms with van der Waals surface area (Å²) < 4.78 is 0. The Morgan fingerprint density at radius 1 is 1.55 bits per heavy atom. The van der Waals surface area contributed by atoms with E-state index in [2.05, 4.69) is 0 Å². The summed E-state index contributed by atoms with van der Waals surface area (Å²) in [6.07, 6.45) is 0.201. The van der Waals surface area contributed by atoms with Crippen molar-refractivity contribution in [1.29, 1.82) is 5.26 Å². The average molecular weight is 277 g/mol. The fourth-order valence-electron chi connectivity index (χ4n) is 1.95. The van der Waals surface area contributed by atoms with Crippen LogP contribution in [0.15, 0.2) is 18.2 Å². The highest BCUT2D eigenvalue weighted by molar-refractivity contribution is 5.95. The Morgan fingerprint density at radius 2 is 2.20 bits per heavy atom. The quantitative estimate of drug-likeness (QED) is 0.632. The van der Waals surface area contributed by atoms with Gasteiger partial charge in [0.25, 0.3) is 0 Å². The molecule has 1 N–H and O–H groups in total. The van der Waals surface area contributed by atoms with Crippen LogP contribution >= 0.6 is 0 Å². The van der Waals surface area contributed by atoms with Gasteiger partial charge in [-0.15, -0.1) is 0 Å². The van der Waals surface area contributed by atoms with Crippen LogP contribution in [0.5, 0.6) is 0 Å². The van der Waals surface area contributed by atoms with Crippen molar-refractivity contribution in [3.63, 3.8) is 0 Å². The summed E-state index contributed by atoms with van der Waals surface area (Å²) in [4.78, 5) is 23.3. The third kappa shape index (κ3) is 3.23. The Balaban J connectivity index is 3.41. The van der Waals surface area contributed by atoms with Crippen LogP contribution in [0.25, 0.3) is 0 Å². The number of carbonyl (C=O) groups is 1. The summed E-state index contributed by atoms with van der Waals surface area (Å²) in [5.41, 5.74) is -0.568. The van der Waals surface area contributed by atoms with Gasteiger partial charge in [-0.05, 0) is 26.0 Å². The lowest BCUT2D eigenvalue weighted by Gasteiger charge is -2.28. The third-order valence-corrected chi connectivity index (χ3v) is 2.82. The first-order valence-electron chi connectivity index (χ1n) is 6.04. The van der Waals surface area contributed by atoms with E-state index in [4.69, 9.17) is 10.4 Å². The number of nitriles is 1. The normalized spacial score (nSPS) is 10.1. The van der Waals surface area contributed by atoms with E-state index in [0.29, 0.717) is 6.54 Å². The molecule has 7 heteroatoms. The number of carboxylic acids is 1. The Morgan fingerprint density at radius 3 is 2.65 bits per heavy atom. The van der Waals surface area contributed by atoms with Crippen LogP contribution in [0, 0.1) is 21.4 Å². The minimum absolute atomic E-state index is 0.0916. The fourth-order valence-corrected chi connectivity index (χ4v) is 1.95. The molecule has 0 unspecified atom stereocenters. The van der Waals surface area contributed by atoms with Gasteiger partial charge in [0.1, 0.15) is 11.3 Å². The van der Waals surface area contributed by atoms with Gasteiger partial charge in [-0.1, -0.05) is 6.07 Å². The van der Waals surface area contributed by atoms with Gasteiger partial charge in [0, 0.05) is 12.6 Å². The highest BCUT2D eigenvalue weighted by Crippen LogP contribution is 2.33. The molecule has 0 spiro atoms. The summed E-state index contributed by atoms with van der Waals surface area (Å²) in [6.45, 7) is 3.96. The molecule has 0 aliphatic rings. The van der Waals surface area contributed by atoms with Gasteiger partial charge in [0.15, 0.2) is 0 Å². The molecule has 20 heavy (non-hydrogen) atoms. The van der Waals surface area contributed by atoms with Gasteiger partial charge in [0.2, 0.25) is 0 Å². The number of rotatable bonds is 6. The first-order valence-corrected chi connectivity index (χ1v) is 6.04. The summed E-state index contributed by atoms with van der Waals surface area (Å²) in [5.74, 6) is -1.34. The molecule has 0 bridgehead atoms. The molecule has 1 rings (SSSR count). The Labute approximate surface area is 116 Å². The number of aromatic carboxylic acids is 1. The molecule has 0 atom stereocenters. The SMILES string of the molecule is CC(C)N(CCC#N)c1cccc(C(=O)O)c1[N+](=O)[O-]. The number of carboxylic acid groups (broad SMARTS) is 1. The molecular formula is C13H15N3O4. The monoisotopic (exact) mass is 277 g/mol. The molecular weight excluding hydrogens is 262 g/mol. The van der Waals surface area contributed by atoms with Crippen LogP contribution in [0.4, 0.5) is 11.4 Å². The van der Waals surface area contributed by atoms with Crippen LogP contribution in [0.1, 0.15) is 30.6 Å². The zero-order chi connectivity index (χ0) is 15.3. The van der Waals surface area contributed by atoms with Crippen molar-refractivity contribution in [2.75, 3.05) is 11.4 Å². The Hall–Kier alpha value is -2.62.